The molecule has 2 rings (SSSR count). The van der Waals surface area contributed by atoms with Crippen molar-refractivity contribution in [1.82, 2.24) is 4.90 Å². The van der Waals surface area contributed by atoms with Crippen molar-refractivity contribution in [1.29, 1.82) is 0 Å². The summed E-state index contributed by atoms with van der Waals surface area (Å²) in [4.78, 5) is 13.9. The Morgan fingerprint density at radius 1 is 1.17 bits per heavy atom. The molecule has 0 aromatic heterocycles. The van der Waals surface area contributed by atoms with Crippen molar-refractivity contribution in [2.75, 3.05) is 14.2 Å². The molecule has 1 amide bonds. The summed E-state index contributed by atoms with van der Waals surface area (Å²) in [5, 5.41) is 0.391. The Bertz CT molecular complexity index is 730. The minimum Gasteiger partial charge on any atom is -0.496 e. The van der Waals surface area contributed by atoms with E-state index in [2.05, 4.69) is 0 Å². The molecule has 0 atom stereocenters. The molecule has 0 aliphatic carbocycles. The van der Waals surface area contributed by atoms with Gasteiger partial charge in [-0.2, -0.15) is 13.2 Å². The van der Waals surface area contributed by atoms with Crippen molar-refractivity contribution in [3.05, 3.63) is 64.2 Å². The van der Waals surface area contributed by atoms with Gasteiger partial charge < -0.3 is 9.64 Å². The molecule has 2 aromatic carbocycles. The van der Waals surface area contributed by atoms with E-state index in [1.807, 2.05) is 0 Å². The molecule has 24 heavy (non-hydrogen) atoms. The van der Waals surface area contributed by atoms with E-state index < -0.39 is 11.7 Å². The highest BCUT2D eigenvalue weighted by atomic mass is 35.5. The van der Waals surface area contributed by atoms with Crippen LogP contribution in [0.1, 0.15) is 21.5 Å². The first-order valence-corrected chi connectivity index (χ1v) is 7.35. The van der Waals surface area contributed by atoms with Gasteiger partial charge >= 0.3 is 6.18 Å². The molecule has 0 radical (unpaired) electrons. The lowest BCUT2D eigenvalue weighted by molar-refractivity contribution is -0.137. The molecule has 0 aliphatic rings. The van der Waals surface area contributed by atoms with Gasteiger partial charge in [0, 0.05) is 18.6 Å². The molecule has 0 N–H and O–H groups in total. The largest absolute Gasteiger partial charge is 0.496 e. The summed E-state index contributed by atoms with van der Waals surface area (Å²) in [6, 6.07) is 9.37. The lowest BCUT2D eigenvalue weighted by atomic mass is 10.1. The van der Waals surface area contributed by atoms with Crippen LogP contribution in [0.25, 0.3) is 0 Å². The Kier molecular flexibility index (Phi) is 5.39. The third-order valence-electron chi connectivity index (χ3n) is 3.44. The van der Waals surface area contributed by atoms with Gasteiger partial charge in [-0.15, -0.1) is 0 Å². The van der Waals surface area contributed by atoms with Crippen LogP contribution in [-0.4, -0.2) is 25.0 Å². The van der Waals surface area contributed by atoms with Crippen molar-refractivity contribution in [3.8, 4) is 5.75 Å². The van der Waals surface area contributed by atoms with Gasteiger partial charge in [-0.3, -0.25) is 4.79 Å². The zero-order valence-electron chi connectivity index (χ0n) is 13.0. The standard InChI is InChI=1S/C17H15ClF3NO2/c1-22(10-11-3-5-12(6-4-11)17(19,20)21)16(23)14-9-13(18)7-8-15(14)24-2/h3-9H,10H2,1-2H3. The van der Waals surface area contributed by atoms with Crippen molar-refractivity contribution >= 4 is 17.5 Å². The Morgan fingerprint density at radius 2 is 1.79 bits per heavy atom. The summed E-state index contributed by atoms with van der Waals surface area (Å²) in [7, 11) is 3.00. The molecular weight excluding hydrogens is 343 g/mol. The highest BCUT2D eigenvalue weighted by molar-refractivity contribution is 6.31. The summed E-state index contributed by atoms with van der Waals surface area (Å²) in [5.74, 6) is 0.0397. The topological polar surface area (TPSA) is 29.5 Å². The van der Waals surface area contributed by atoms with Gasteiger partial charge in [0.25, 0.3) is 5.91 Å². The van der Waals surface area contributed by atoms with Crippen LogP contribution in [0.2, 0.25) is 5.02 Å². The minimum atomic E-state index is -4.38. The Labute approximate surface area is 142 Å². The highest BCUT2D eigenvalue weighted by Crippen LogP contribution is 2.29. The Balaban J connectivity index is 2.16. The first-order chi connectivity index (χ1) is 11.2. The van der Waals surface area contributed by atoms with E-state index in [1.165, 1.54) is 30.2 Å². The summed E-state index contributed by atoms with van der Waals surface area (Å²) in [6.45, 7) is 0.159. The van der Waals surface area contributed by atoms with Gasteiger partial charge in [-0.1, -0.05) is 23.7 Å². The number of rotatable bonds is 4. The smallest absolute Gasteiger partial charge is 0.416 e. The van der Waals surface area contributed by atoms with Gasteiger partial charge in [-0.25, -0.2) is 0 Å². The van der Waals surface area contributed by atoms with Crippen LogP contribution >= 0.6 is 11.6 Å². The molecule has 3 nitrogen and oxygen atoms in total. The number of hydrogen-bond acceptors (Lipinski definition) is 2. The Hall–Kier alpha value is -2.21. The van der Waals surface area contributed by atoms with Gasteiger partial charge in [0.1, 0.15) is 5.75 Å². The van der Waals surface area contributed by atoms with Crippen molar-refractivity contribution in [2.24, 2.45) is 0 Å². The molecule has 7 heteroatoms. The van der Waals surface area contributed by atoms with E-state index in [4.69, 9.17) is 16.3 Å². The molecular formula is C17H15ClF3NO2. The van der Waals surface area contributed by atoms with Gasteiger partial charge in [0.2, 0.25) is 0 Å². The quantitative estimate of drug-likeness (QED) is 0.797. The van der Waals surface area contributed by atoms with Crippen LogP contribution in [0.5, 0.6) is 5.75 Å². The third-order valence-corrected chi connectivity index (χ3v) is 3.67. The third kappa shape index (κ3) is 4.20. The van der Waals surface area contributed by atoms with E-state index in [-0.39, 0.29) is 12.5 Å². The van der Waals surface area contributed by atoms with Gasteiger partial charge in [-0.05, 0) is 35.9 Å². The first kappa shape index (κ1) is 18.1. The van der Waals surface area contributed by atoms with E-state index in [1.54, 1.807) is 19.2 Å². The number of carbonyl (C=O) groups is 1. The van der Waals surface area contributed by atoms with Crippen molar-refractivity contribution in [3.63, 3.8) is 0 Å². The van der Waals surface area contributed by atoms with E-state index in [0.29, 0.717) is 21.9 Å². The minimum absolute atomic E-state index is 0.159. The molecule has 128 valence electrons. The van der Waals surface area contributed by atoms with Crippen LogP contribution in [0.4, 0.5) is 13.2 Å². The van der Waals surface area contributed by atoms with E-state index >= 15 is 0 Å². The second-order valence-corrected chi connectivity index (χ2v) is 5.64. The van der Waals surface area contributed by atoms with E-state index in [0.717, 1.165) is 12.1 Å². The van der Waals surface area contributed by atoms with Crippen LogP contribution in [0.3, 0.4) is 0 Å². The number of benzene rings is 2. The van der Waals surface area contributed by atoms with Crippen LogP contribution in [0.15, 0.2) is 42.5 Å². The van der Waals surface area contributed by atoms with Crippen molar-refractivity contribution < 1.29 is 22.7 Å². The van der Waals surface area contributed by atoms with E-state index in [9.17, 15) is 18.0 Å². The molecule has 0 bridgehead atoms. The maximum Gasteiger partial charge on any atom is 0.416 e. The highest BCUT2D eigenvalue weighted by Gasteiger charge is 2.30. The molecule has 0 spiro atoms. The number of carbonyl (C=O) groups excluding carboxylic acids is 1. The zero-order valence-corrected chi connectivity index (χ0v) is 13.8. The SMILES string of the molecule is COc1ccc(Cl)cc1C(=O)N(C)Cc1ccc(C(F)(F)F)cc1. The average Bonchev–Trinajstić information content (AvgIpc) is 2.53. The second kappa shape index (κ2) is 7.13. The molecule has 0 heterocycles. The fourth-order valence-corrected chi connectivity index (χ4v) is 2.37. The number of nitrogens with zero attached hydrogens (tertiary/aromatic N) is 1. The predicted octanol–water partition coefficient (Wildman–Crippen LogP) is 4.64. The summed E-state index contributed by atoms with van der Waals surface area (Å²) in [5.41, 5.74) is 0.149. The first-order valence-electron chi connectivity index (χ1n) is 6.97. The predicted molar refractivity (Wildman–Crippen MR) is 85.2 cm³/mol. The number of amides is 1. The lowest BCUT2D eigenvalue weighted by Gasteiger charge is -2.19. The number of ether oxygens (including phenoxy) is 1. The molecule has 0 saturated heterocycles. The Morgan fingerprint density at radius 3 is 2.33 bits per heavy atom. The lowest BCUT2D eigenvalue weighted by Crippen LogP contribution is -2.26. The monoisotopic (exact) mass is 357 g/mol. The molecule has 0 unspecified atom stereocenters. The zero-order chi connectivity index (χ0) is 17.9. The number of hydrogen-bond donors (Lipinski definition) is 0. The molecule has 0 fully saturated rings. The fourth-order valence-electron chi connectivity index (χ4n) is 2.20. The maximum absolute atomic E-state index is 12.6. The normalized spacial score (nSPS) is 11.2. The van der Waals surface area contributed by atoms with Crippen LogP contribution in [-0.2, 0) is 12.7 Å². The van der Waals surface area contributed by atoms with Gasteiger partial charge in [0.05, 0.1) is 18.2 Å². The summed E-state index contributed by atoms with van der Waals surface area (Å²) in [6.07, 6.45) is -4.38. The number of methoxy groups -OCH3 is 1. The number of alkyl halides is 3. The van der Waals surface area contributed by atoms with Crippen LogP contribution in [0, 0.1) is 0 Å². The van der Waals surface area contributed by atoms with Crippen LogP contribution < -0.4 is 4.74 Å². The number of halogens is 4. The maximum atomic E-state index is 12.6. The molecule has 0 saturated carbocycles. The summed E-state index contributed by atoms with van der Waals surface area (Å²) < 4.78 is 42.8. The average molecular weight is 358 g/mol. The fraction of sp³-hybridized carbons (Fsp3) is 0.235. The second-order valence-electron chi connectivity index (χ2n) is 5.20. The molecule has 0 aliphatic heterocycles. The van der Waals surface area contributed by atoms with Gasteiger partial charge in [0.15, 0.2) is 0 Å². The van der Waals surface area contributed by atoms with Crippen molar-refractivity contribution in [2.45, 2.75) is 12.7 Å². The molecule has 2 aromatic rings. The summed E-state index contributed by atoms with van der Waals surface area (Å²) >= 11 is 5.91.